The standard InChI is InChI=1S/C20H25NO4S/c1-24-12-13-25-19-9-6-16(7-10-19)15-21-26(22,23)20-11-8-17-4-2-3-5-18(17)14-20/h6-11,14,21H,2-5,12-13,15H2,1H3. The fraction of sp³-hybridized carbons (Fsp3) is 0.400. The zero-order valence-electron chi connectivity index (χ0n) is 15.0. The van der Waals surface area contributed by atoms with Crippen LogP contribution >= 0.6 is 0 Å². The maximum atomic E-state index is 12.6. The van der Waals surface area contributed by atoms with Crippen LogP contribution < -0.4 is 9.46 Å². The van der Waals surface area contributed by atoms with E-state index < -0.39 is 10.0 Å². The quantitative estimate of drug-likeness (QED) is 0.720. The van der Waals surface area contributed by atoms with E-state index in [1.54, 1.807) is 13.2 Å². The molecular formula is C20H25NO4S. The van der Waals surface area contributed by atoms with Gasteiger partial charge in [0.2, 0.25) is 10.0 Å². The zero-order chi connectivity index (χ0) is 18.4. The van der Waals surface area contributed by atoms with Crippen LogP contribution in [0.1, 0.15) is 29.5 Å². The average molecular weight is 375 g/mol. The normalized spacial score (nSPS) is 14.0. The van der Waals surface area contributed by atoms with E-state index in [2.05, 4.69) is 4.72 Å². The lowest BCUT2D eigenvalue weighted by Gasteiger charge is -2.16. The van der Waals surface area contributed by atoms with Crippen LogP contribution in [0.3, 0.4) is 0 Å². The van der Waals surface area contributed by atoms with Crippen LogP contribution in [0.5, 0.6) is 5.75 Å². The number of benzene rings is 2. The van der Waals surface area contributed by atoms with Gasteiger partial charge in [0.05, 0.1) is 11.5 Å². The number of fused-ring (bicyclic) bond motifs is 1. The molecule has 0 radical (unpaired) electrons. The Labute approximate surface area is 155 Å². The van der Waals surface area contributed by atoms with Gasteiger partial charge in [-0.05, 0) is 66.6 Å². The molecular weight excluding hydrogens is 350 g/mol. The molecule has 0 saturated carbocycles. The molecule has 140 valence electrons. The zero-order valence-corrected chi connectivity index (χ0v) is 15.8. The lowest BCUT2D eigenvalue weighted by atomic mass is 9.92. The molecule has 0 saturated heterocycles. The molecule has 0 unspecified atom stereocenters. The van der Waals surface area contributed by atoms with Crippen molar-refractivity contribution >= 4 is 10.0 Å². The van der Waals surface area contributed by atoms with Crippen LogP contribution in [0.2, 0.25) is 0 Å². The summed E-state index contributed by atoms with van der Waals surface area (Å²) in [6, 6.07) is 12.9. The Morgan fingerprint density at radius 2 is 1.69 bits per heavy atom. The van der Waals surface area contributed by atoms with E-state index in [0.29, 0.717) is 18.1 Å². The fourth-order valence-electron chi connectivity index (χ4n) is 3.09. The van der Waals surface area contributed by atoms with Gasteiger partial charge in [-0.3, -0.25) is 0 Å². The third-order valence-corrected chi connectivity index (χ3v) is 5.98. The van der Waals surface area contributed by atoms with E-state index in [1.165, 1.54) is 12.0 Å². The summed E-state index contributed by atoms with van der Waals surface area (Å²) in [5, 5.41) is 0. The lowest BCUT2D eigenvalue weighted by molar-refractivity contribution is 0.146. The van der Waals surface area contributed by atoms with Crippen LogP contribution in [0.4, 0.5) is 0 Å². The summed E-state index contributed by atoms with van der Waals surface area (Å²) in [4.78, 5) is 0.345. The van der Waals surface area contributed by atoms with Crippen LogP contribution in [-0.2, 0) is 34.1 Å². The number of rotatable bonds is 8. The highest BCUT2D eigenvalue weighted by Crippen LogP contribution is 2.24. The van der Waals surface area contributed by atoms with Crippen molar-refractivity contribution in [2.75, 3.05) is 20.3 Å². The molecule has 0 aromatic heterocycles. The molecule has 0 spiro atoms. The molecule has 0 fully saturated rings. The van der Waals surface area contributed by atoms with Crippen LogP contribution in [0.25, 0.3) is 0 Å². The second-order valence-electron chi connectivity index (χ2n) is 6.45. The molecule has 5 nitrogen and oxygen atoms in total. The Morgan fingerprint density at radius 1 is 0.962 bits per heavy atom. The van der Waals surface area contributed by atoms with Crippen molar-refractivity contribution in [1.82, 2.24) is 4.72 Å². The van der Waals surface area contributed by atoms with Gasteiger partial charge in [0.15, 0.2) is 0 Å². The van der Waals surface area contributed by atoms with Crippen molar-refractivity contribution in [2.24, 2.45) is 0 Å². The summed E-state index contributed by atoms with van der Waals surface area (Å²) in [6.07, 6.45) is 4.32. The number of methoxy groups -OCH3 is 1. The number of aryl methyl sites for hydroxylation is 2. The van der Waals surface area contributed by atoms with Gasteiger partial charge in [0.1, 0.15) is 12.4 Å². The van der Waals surface area contributed by atoms with Gasteiger partial charge < -0.3 is 9.47 Å². The first kappa shape index (κ1) is 18.9. The smallest absolute Gasteiger partial charge is 0.240 e. The van der Waals surface area contributed by atoms with Gasteiger partial charge in [-0.2, -0.15) is 0 Å². The molecule has 1 aliphatic carbocycles. The summed E-state index contributed by atoms with van der Waals surface area (Å²) in [5.41, 5.74) is 3.32. The second kappa shape index (κ2) is 8.66. The maximum absolute atomic E-state index is 12.6. The lowest BCUT2D eigenvalue weighted by Crippen LogP contribution is -2.23. The maximum Gasteiger partial charge on any atom is 0.240 e. The van der Waals surface area contributed by atoms with Gasteiger partial charge in [-0.1, -0.05) is 18.2 Å². The van der Waals surface area contributed by atoms with Gasteiger partial charge >= 0.3 is 0 Å². The molecule has 0 amide bonds. The highest BCUT2D eigenvalue weighted by Gasteiger charge is 2.17. The summed E-state index contributed by atoms with van der Waals surface area (Å²) in [5.74, 6) is 0.739. The Kier molecular flexibility index (Phi) is 6.29. The van der Waals surface area contributed by atoms with Crippen molar-refractivity contribution in [3.63, 3.8) is 0 Å². The first-order chi connectivity index (χ1) is 12.6. The molecule has 0 bridgehead atoms. The van der Waals surface area contributed by atoms with Crippen molar-refractivity contribution in [3.8, 4) is 5.75 Å². The van der Waals surface area contributed by atoms with Crippen molar-refractivity contribution in [2.45, 2.75) is 37.1 Å². The molecule has 1 N–H and O–H groups in total. The van der Waals surface area contributed by atoms with Gasteiger partial charge in [0, 0.05) is 13.7 Å². The van der Waals surface area contributed by atoms with Crippen LogP contribution in [-0.4, -0.2) is 28.7 Å². The summed E-state index contributed by atoms with van der Waals surface area (Å²) >= 11 is 0. The predicted molar refractivity (Wildman–Crippen MR) is 101 cm³/mol. The third kappa shape index (κ3) is 4.84. The third-order valence-electron chi connectivity index (χ3n) is 4.58. The summed E-state index contributed by atoms with van der Waals surface area (Å²) in [7, 11) is -1.89. The Balaban J connectivity index is 1.61. The van der Waals surface area contributed by atoms with Crippen LogP contribution in [0.15, 0.2) is 47.4 Å². The molecule has 0 heterocycles. The fourth-order valence-corrected chi connectivity index (χ4v) is 4.15. The van der Waals surface area contributed by atoms with E-state index in [4.69, 9.17) is 9.47 Å². The topological polar surface area (TPSA) is 64.6 Å². The minimum atomic E-state index is -3.52. The van der Waals surface area contributed by atoms with E-state index >= 15 is 0 Å². The van der Waals surface area contributed by atoms with Gasteiger partial charge in [-0.15, -0.1) is 0 Å². The highest BCUT2D eigenvalue weighted by molar-refractivity contribution is 7.89. The molecule has 2 aromatic carbocycles. The van der Waals surface area contributed by atoms with E-state index in [9.17, 15) is 8.42 Å². The molecule has 26 heavy (non-hydrogen) atoms. The number of hydrogen-bond acceptors (Lipinski definition) is 4. The summed E-state index contributed by atoms with van der Waals surface area (Å²) < 4.78 is 38.3. The van der Waals surface area contributed by atoms with E-state index in [-0.39, 0.29) is 6.54 Å². The number of hydrogen-bond donors (Lipinski definition) is 1. The molecule has 2 aromatic rings. The Bertz CT molecular complexity index is 831. The highest BCUT2D eigenvalue weighted by atomic mass is 32.2. The van der Waals surface area contributed by atoms with Crippen molar-refractivity contribution < 1.29 is 17.9 Å². The van der Waals surface area contributed by atoms with Gasteiger partial charge in [0.25, 0.3) is 0 Å². The van der Waals surface area contributed by atoms with Crippen LogP contribution in [0, 0.1) is 0 Å². The molecule has 0 atom stereocenters. The first-order valence-corrected chi connectivity index (χ1v) is 10.4. The predicted octanol–water partition coefficient (Wildman–Crippen LogP) is 3.07. The van der Waals surface area contributed by atoms with Gasteiger partial charge in [-0.25, -0.2) is 13.1 Å². The first-order valence-electron chi connectivity index (χ1n) is 8.90. The SMILES string of the molecule is COCCOc1ccc(CNS(=O)(=O)c2ccc3c(c2)CCCC3)cc1. The molecule has 6 heteroatoms. The van der Waals surface area contributed by atoms with Crippen molar-refractivity contribution in [1.29, 1.82) is 0 Å². The minimum absolute atomic E-state index is 0.248. The second-order valence-corrected chi connectivity index (χ2v) is 8.21. The summed E-state index contributed by atoms with van der Waals surface area (Å²) in [6.45, 7) is 1.26. The monoisotopic (exact) mass is 375 g/mol. The van der Waals surface area contributed by atoms with E-state index in [1.807, 2.05) is 36.4 Å². The Hall–Kier alpha value is -1.89. The molecule has 3 rings (SSSR count). The largest absolute Gasteiger partial charge is 0.491 e. The molecule has 1 aliphatic rings. The minimum Gasteiger partial charge on any atom is -0.491 e. The number of ether oxygens (including phenoxy) is 2. The van der Waals surface area contributed by atoms with Crippen molar-refractivity contribution in [3.05, 3.63) is 59.2 Å². The number of sulfonamides is 1. The Morgan fingerprint density at radius 3 is 2.42 bits per heavy atom. The average Bonchev–Trinajstić information content (AvgIpc) is 2.67. The molecule has 0 aliphatic heterocycles. The number of nitrogens with one attached hydrogen (secondary N) is 1. The van der Waals surface area contributed by atoms with E-state index in [0.717, 1.165) is 36.1 Å².